The van der Waals surface area contributed by atoms with E-state index in [0.717, 1.165) is 19.3 Å². The molecule has 1 nitrogen and oxygen atoms in total. The van der Waals surface area contributed by atoms with Crippen LogP contribution < -0.4 is 0 Å². The first-order chi connectivity index (χ1) is 5.40. The van der Waals surface area contributed by atoms with Crippen LogP contribution in [-0.2, 0) is 4.79 Å². The first-order valence-corrected chi connectivity index (χ1v) is 4.92. The number of ketones is 1. The van der Waals surface area contributed by atoms with E-state index in [9.17, 15) is 4.79 Å². The molecule has 0 spiro atoms. The Kier molecular flexibility index (Phi) is 4.51. The van der Waals surface area contributed by atoms with Gasteiger partial charge in [0.2, 0.25) is 0 Å². The molecule has 0 heterocycles. The van der Waals surface area contributed by atoms with Crippen LogP contribution in [0.5, 0.6) is 0 Å². The maximum atomic E-state index is 11.4. The van der Waals surface area contributed by atoms with E-state index in [1.54, 1.807) is 0 Å². The molecule has 0 aromatic rings. The molecule has 0 N–H and O–H groups in total. The quantitative estimate of drug-likeness (QED) is 0.618. The minimum absolute atomic E-state index is 0.173. The summed E-state index contributed by atoms with van der Waals surface area (Å²) in [6.07, 6.45) is 2.46. The topological polar surface area (TPSA) is 17.1 Å². The molecule has 0 atom stereocenters. The van der Waals surface area contributed by atoms with E-state index >= 15 is 0 Å². The molecule has 0 aromatic carbocycles. The van der Waals surface area contributed by atoms with Crippen molar-refractivity contribution >= 4 is 5.78 Å². The van der Waals surface area contributed by atoms with Crippen molar-refractivity contribution in [3.05, 3.63) is 0 Å². The molecule has 12 heavy (non-hydrogen) atoms. The number of hydrogen-bond acceptors (Lipinski definition) is 1. The number of Topliss-reactive ketones (excluding diaryl/α,β-unsaturated/α-hetero) is 1. The van der Waals surface area contributed by atoms with Crippen molar-refractivity contribution in [3.63, 3.8) is 0 Å². The zero-order valence-corrected chi connectivity index (χ0v) is 9.11. The maximum absolute atomic E-state index is 11.4. The van der Waals surface area contributed by atoms with E-state index in [1.165, 1.54) is 0 Å². The summed E-state index contributed by atoms with van der Waals surface area (Å²) in [6, 6.07) is 0. The molecule has 72 valence electrons. The second-order valence-electron chi connectivity index (χ2n) is 4.61. The van der Waals surface area contributed by atoms with E-state index in [1.807, 2.05) is 0 Å². The minimum Gasteiger partial charge on any atom is -0.300 e. The molecular weight excluding hydrogens is 148 g/mol. The zero-order chi connectivity index (χ0) is 9.78. The Balaban J connectivity index is 3.97. The fraction of sp³-hybridized carbons (Fsp3) is 0.909. The molecule has 0 aromatic heterocycles. The normalized spacial score (nSPS) is 12.2. The van der Waals surface area contributed by atoms with E-state index in [-0.39, 0.29) is 5.41 Å². The van der Waals surface area contributed by atoms with Gasteiger partial charge >= 0.3 is 0 Å². The van der Waals surface area contributed by atoms with Gasteiger partial charge in [-0.2, -0.15) is 0 Å². The second kappa shape index (κ2) is 4.64. The molecule has 1 heteroatoms. The Labute approximate surface area is 76.6 Å². The van der Waals surface area contributed by atoms with Gasteiger partial charge < -0.3 is 0 Å². The second-order valence-corrected chi connectivity index (χ2v) is 4.61. The van der Waals surface area contributed by atoms with Crippen molar-refractivity contribution in [2.75, 3.05) is 0 Å². The van der Waals surface area contributed by atoms with Crippen LogP contribution in [-0.4, -0.2) is 5.78 Å². The van der Waals surface area contributed by atoms with Gasteiger partial charge in [0.15, 0.2) is 0 Å². The summed E-state index contributed by atoms with van der Waals surface area (Å²) in [6.45, 7) is 10.8. The lowest BCUT2D eigenvalue weighted by molar-refractivity contribution is -0.121. The number of carbonyl (C=O) groups is 1. The Hall–Kier alpha value is -0.330. The Bertz CT molecular complexity index is 145. The average Bonchev–Trinajstić information content (AvgIpc) is 1.85. The molecule has 0 unspecified atom stereocenters. The van der Waals surface area contributed by atoms with E-state index < -0.39 is 0 Å². The summed E-state index contributed by atoms with van der Waals surface area (Å²) < 4.78 is 0. The molecule has 0 radical (unpaired) electrons. The zero-order valence-electron chi connectivity index (χ0n) is 9.11. The highest BCUT2D eigenvalue weighted by molar-refractivity contribution is 5.78. The van der Waals surface area contributed by atoms with Crippen LogP contribution in [0.25, 0.3) is 0 Å². The van der Waals surface area contributed by atoms with Crippen molar-refractivity contribution < 1.29 is 4.79 Å². The van der Waals surface area contributed by atoms with Crippen LogP contribution in [0.1, 0.15) is 53.9 Å². The predicted molar refractivity (Wildman–Crippen MR) is 53.2 cm³/mol. The highest BCUT2D eigenvalue weighted by atomic mass is 16.1. The summed E-state index contributed by atoms with van der Waals surface area (Å²) in [5, 5.41) is 0. The predicted octanol–water partition coefficient (Wildman–Crippen LogP) is 3.43. The van der Waals surface area contributed by atoms with Gasteiger partial charge in [-0.3, -0.25) is 4.79 Å². The molecular formula is C11H22O. The van der Waals surface area contributed by atoms with Gasteiger partial charge in [0, 0.05) is 12.8 Å². The van der Waals surface area contributed by atoms with Crippen LogP contribution in [0.15, 0.2) is 0 Å². The number of carbonyl (C=O) groups excluding carboxylic acids is 1. The van der Waals surface area contributed by atoms with Crippen LogP contribution in [0.4, 0.5) is 0 Å². The summed E-state index contributed by atoms with van der Waals surface area (Å²) in [7, 11) is 0. The highest BCUT2D eigenvalue weighted by Crippen LogP contribution is 2.30. The van der Waals surface area contributed by atoms with Gasteiger partial charge in [-0.05, 0) is 17.8 Å². The molecule has 0 aliphatic carbocycles. The third kappa shape index (κ3) is 3.89. The first-order valence-electron chi connectivity index (χ1n) is 4.92. The van der Waals surface area contributed by atoms with Gasteiger partial charge in [0.25, 0.3) is 0 Å². The van der Waals surface area contributed by atoms with E-state index in [0.29, 0.717) is 11.7 Å². The Morgan fingerprint density at radius 1 is 1.33 bits per heavy atom. The molecule has 0 aliphatic rings. The third-order valence-electron chi connectivity index (χ3n) is 2.74. The average molecular weight is 170 g/mol. The van der Waals surface area contributed by atoms with Crippen molar-refractivity contribution in [1.29, 1.82) is 0 Å². The van der Waals surface area contributed by atoms with Gasteiger partial charge in [-0.25, -0.2) is 0 Å². The van der Waals surface area contributed by atoms with Crippen LogP contribution in [0.2, 0.25) is 0 Å². The van der Waals surface area contributed by atoms with Gasteiger partial charge in [0.1, 0.15) is 5.78 Å². The van der Waals surface area contributed by atoms with Gasteiger partial charge in [-0.1, -0.05) is 34.6 Å². The van der Waals surface area contributed by atoms with Crippen molar-refractivity contribution in [3.8, 4) is 0 Å². The molecule has 0 amide bonds. The van der Waals surface area contributed by atoms with Gasteiger partial charge in [-0.15, -0.1) is 0 Å². The molecule has 0 bridgehead atoms. The molecule has 0 saturated carbocycles. The van der Waals surface area contributed by atoms with Crippen molar-refractivity contribution in [2.24, 2.45) is 11.3 Å². The fourth-order valence-electron chi connectivity index (χ4n) is 1.08. The fourth-order valence-corrected chi connectivity index (χ4v) is 1.08. The Morgan fingerprint density at radius 2 is 1.83 bits per heavy atom. The van der Waals surface area contributed by atoms with Crippen molar-refractivity contribution in [2.45, 2.75) is 53.9 Å². The third-order valence-corrected chi connectivity index (χ3v) is 2.74. The monoisotopic (exact) mass is 170 g/mol. The Morgan fingerprint density at radius 3 is 2.17 bits per heavy atom. The summed E-state index contributed by atoms with van der Waals surface area (Å²) >= 11 is 0. The van der Waals surface area contributed by atoms with Gasteiger partial charge in [0.05, 0.1) is 0 Å². The summed E-state index contributed by atoms with van der Waals surface area (Å²) in [5.74, 6) is 0.995. The first kappa shape index (κ1) is 11.7. The molecule has 0 aliphatic heterocycles. The number of hydrogen-bond donors (Lipinski definition) is 0. The lowest BCUT2D eigenvalue weighted by Gasteiger charge is -2.28. The maximum Gasteiger partial charge on any atom is 0.133 e. The molecule has 0 rings (SSSR count). The summed E-state index contributed by atoms with van der Waals surface area (Å²) in [4.78, 5) is 11.4. The van der Waals surface area contributed by atoms with Crippen LogP contribution >= 0.6 is 0 Å². The summed E-state index contributed by atoms with van der Waals surface area (Å²) in [5.41, 5.74) is 0.173. The number of rotatable bonds is 5. The largest absolute Gasteiger partial charge is 0.300 e. The van der Waals surface area contributed by atoms with Crippen LogP contribution in [0, 0.1) is 11.3 Å². The molecule has 0 saturated heterocycles. The van der Waals surface area contributed by atoms with E-state index in [2.05, 4.69) is 34.6 Å². The SMILES string of the molecule is CCCC(=O)CC(C)(C)C(C)C. The van der Waals surface area contributed by atoms with E-state index in [4.69, 9.17) is 0 Å². The smallest absolute Gasteiger partial charge is 0.133 e. The van der Waals surface area contributed by atoms with Crippen molar-refractivity contribution in [1.82, 2.24) is 0 Å². The highest BCUT2D eigenvalue weighted by Gasteiger charge is 2.24. The molecule has 0 fully saturated rings. The minimum atomic E-state index is 0.173. The lowest BCUT2D eigenvalue weighted by Crippen LogP contribution is -2.23. The standard InChI is InChI=1S/C11H22O/c1-6-7-10(12)8-11(4,5)9(2)3/h9H,6-8H2,1-5H3. The van der Waals surface area contributed by atoms with Crippen LogP contribution in [0.3, 0.4) is 0 Å². The lowest BCUT2D eigenvalue weighted by atomic mass is 9.77.